The van der Waals surface area contributed by atoms with Gasteiger partial charge in [-0.1, -0.05) is 54.1 Å². The molecule has 0 fully saturated rings. The smallest absolute Gasteiger partial charge is 0.275 e. The van der Waals surface area contributed by atoms with Crippen molar-refractivity contribution in [1.82, 2.24) is 14.7 Å². The number of carbonyl (C=O) groups excluding carboxylic acids is 1. The van der Waals surface area contributed by atoms with Crippen LogP contribution >= 0.6 is 0 Å². The summed E-state index contributed by atoms with van der Waals surface area (Å²) in [6.07, 6.45) is 10.6. The molecule has 0 spiro atoms. The van der Waals surface area contributed by atoms with Gasteiger partial charge in [-0.25, -0.2) is 0 Å². The molecule has 28 heavy (non-hydrogen) atoms. The number of rotatable bonds is 4. The number of carbonyl (C=O) groups is 1. The van der Waals surface area contributed by atoms with E-state index in [-0.39, 0.29) is 23.6 Å². The Balaban J connectivity index is 1.82. The molecule has 1 aliphatic heterocycles. The lowest BCUT2D eigenvalue weighted by molar-refractivity contribution is 0.0679. The highest BCUT2D eigenvalue weighted by Gasteiger charge is 2.37. The van der Waals surface area contributed by atoms with E-state index in [4.69, 9.17) is 0 Å². The zero-order chi connectivity index (χ0) is 19.7. The Bertz CT molecular complexity index is 1010. The van der Waals surface area contributed by atoms with Gasteiger partial charge in [-0.15, -0.1) is 0 Å². The maximum absolute atomic E-state index is 12.6. The van der Waals surface area contributed by atoms with Crippen molar-refractivity contribution in [3.05, 3.63) is 81.8 Å². The molecular formula is C22H23N3O3. The predicted molar refractivity (Wildman–Crippen MR) is 106 cm³/mol. The number of likely N-dealkylation sites (N-methyl/N-ethyl adjacent to an activating group) is 1. The van der Waals surface area contributed by atoms with Crippen LogP contribution in [0.5, 0.6) is 5.75 Å². The number of hydrogen-bond acceptors (Lipinski definition) is 4. The number of fused-ring (bicyclic) bond motifs is 1. The SMILES string of the molecule is CN1CC(C(CC2=CCCC=C2)c2ccccc2)n2ncc(=O)c(O)c2C1=O. The minimum absolute atomic E-state index is 0.0275. The molecule has 2 aromatic rings. The van der Waals surface area contributed by atoms with Crippen molar-refractivity contribution >= 4 is 5.91 Å². The van der Waals surface area contributed by atoms with Gasteiger partial charge >= 0.3 is 0 Å². The normalized spacial score (nSPS) is 19.9. The molecule has 1 aliphatic carbocycles. The summed E-state index contributed by atoms with van der Waals surface area (Å²) in [6, 6.07) is 9.95. The molecule has 144 valence electrons. The minimum atomic E-state index is -0.636. The van der Waals surface area contributed by atoms with Gasteiger partial charge in [-0.3, -0.25) is 14.3 Å². The van der Waals surface area contributed by atoms with Crippen molar-refractivity contribution in [3.63, 3.8) is 0 Å². The van der Waals surface area contributed by atoms with E-state index in [0.29, 0.717) is 6.54 Å². The summed E-state index contributed by atoms with van der Waals surface area (Å²) in [5.41, 5.74) is 1.73. The fourth-order valence-electron chi connectivity index (χ4n) is 4.08. The van der Waals surface area contributed by atoms with Crippen molar-refractivity contribution in [1.29, 1.82) is 0 Å². The average molecular weight is 377 g/mol. The summed E-state index contributed by atoms with van der Waals surface area (Å²) in [5, 5.41) is 14.5. The molecule has 0 saturated heterocycles. The number of hydrogen-bond donors (Lipinski definition) is 1. The van der Waals surface area contributed by atoms with Crippen LogP contribution in [0.3, 0.4) is 0 Å². The van der Waals surface area contributed by atoms with Gasteiger partial charge in [0.1, 0.15) is 0 Å². The molecule has 4 rings (SSSR count). The van der Waals surface area contributed by atoms with Gasteiger partial charge in [0.25, 0.3) is 5.91 Å². The second kappa shape index (κ2) is 7.46. The molecule has 1 amide bonds. The van der Waals surface area contributed by atoms with Crippen molar-refractivity contribution < 1.29 is 9.90 Å². The van der Waals surface area contributed by atoms with Crippen LogP contribution in [0.2, 0.25) is 0 Å². The highest BCUT2D eigenvalue weighted by molar-refractivity contribution is 5.95. The number of allylic oxidation sites excluding steroid dienone is 4. The van der Waals surface area contributed by atoms with Crippen LogP contribution < -0.4 is 5.43 Å². The Morgan fingerprint density at radius 3 is 2.71 bits per heavy atom. The molecule has 1 aromatic carbocycles. The molecule has 0 radical (unpaired) electrons. The molecule has 1 N–H and O–H groups in total. The minimum Gasteiger partial charge on any atom is -0.502 e. The largest absolute Gasteiger partial charge is 0.502 e. The summed E-state index contributed by atoms with van der Waals surface area (Å²) < 4.78 is 1.55. The summed E-state index contributed by atoms with van der Waals surface area (Å²) in [6.45, 7) is 0.456. The van der Waals surface area contributed by atoms with Crippen LogP contribution in [-0.2, 0) is 0 Å². The topological polar surface area (TPSA) is 75.4 Å². The van der Waals surface area contributed by atoms with E-state index in [9.17, 15) is 14.7 Å². The van der Waals surface area contributed by atoms with Gasteiger partial charge in [0.05, 0.1) is 12.2 Å². The summed E-state index contributed by atoms with van der Waals surface area (Å²) in [4.78, 5) is 26.1. The summed E-state index contributed by atoms with van der Waals surface area (Å²) in [5.74, 6) is -0.874. The highest BCUT2D eigenvalue weighted by Crippen LogP contribution is 2.39. The van der Waals surface area contributed by atoms with Crippen molar-refractivity contribution in [2.75, 3.05) is 13.6 Å². The summed E-state index contributed by atoms with van der Waals surface area (Å²) in [7, 11) is 1.69. The zero-order valence-corrected chi connectivity index (χ0v) is 15.8. The van der Waals surface area contributed by atoms with Gasteiger partial charge in [-0.2, -0.15) is 5.10 Å². The number of aromatic nitrogens is 2. The first-order valence-corrected chi connectivity index (χ1v) is 9.53. The number of amides is 1. The second-order valence-corrected chi connectivity index (χ2v) is 7.38. The maximum atomic E-state index is 12.6. The second-order valence-electron chi connectivity index (χ2n) is 7.38. The fourth-order valence-corrected chi connectivity index (χ4v) is 4.08. The van der Waals surface area contributed by atoms with E-state index in [0.717, 1.165) is 31.0 Å². The van der Waals surface area contributed by atoms with E-state index in [2.05, 4.69) is 35.5 Å². The number of nitrogens with zero attached hydrogens (tertiary/aromatic N) is 3. The Hall–Kier alpha value is -3.15. The first kappa shape index (κ1) is 18.2. The Morgan fingerprint density at radius 2 is 2.00 bits per heavy atom. The van der Waals surface area contributed by atoms with E-state index in [1.54, 1.807) is 16.6 Å². The van der Waals surface area contributed by atoms with Crippen LogP contribution in [0.4, 0.5) is 0 Å². The van der Waals surface area contributed by atoms with Crippen LogP contribution in [0, 0.1) is 0 Å². The van der Waals surface area contributed by atoms with E-state index >= 15 is 0 Å². The molecule has 1 aromatic heterocycles. The maximum Gasteiger partial charge on any atom is 0.275 e. The molecule has 2 unspecified atom stereocenters. The van der Waals surface area contributed by atoms with Crippen LogP contribution in [0.15, 0.2) is 65.1 Å². The van der Waals surface area contributed by atoms with Crippen molar-refractivity contribution in [2.45, 2.75) is 31.2 Å². The fraction of sp³-hybridized carbons (Fsp3) is 0.318. The molecule has 2 heterocycles. The van der Waals surface area contributed by atoms with E-state index in [1.807, 2.05) is 18.2 Å². The summed E-state index contributed by atoms with van der Waals surface area (Å²) >= 11 is 0. The lowest BCUT2D eigenvalue weighted by atomic mass is 9.83. The van der Waals surface area contributed by atoms with Crippen LogP contribution in [0.1, 0.15) is 47.3 Å². The van der Waals surface area contributed by atoms with E-state index in [1.165, 1.54) is 5.57 Å². The van der Waals surface area contributed by atoms with Gasteiger partial charge in [-0.05, 0) is 24.8 Å². The van der Waals surface area contributed by atoms with E-state index < -0.39 is 11.2 Å². The molecule has 0 saturated carbocycles. The molecule has 2 aliphatic rings. The third-order valence-electron chi connectivity index (χ3n) is 5.53. The molecule has 6 nitrogen and oxygen atoms in total. The number of aromatic hydroxyl groups is 1. The monoisotopic (exact) mass is 377 g/mol. The van der Waals surface area contributed by atoms with Crippen molar-refractivity contribution in [3.8, 4) is 5.75 Å². The number of benzene rings is 1. The predicted octanol–water partition coefficient (Wildman–Crippen LogP) is 3.03. The molecule has 6 heteroatoms. The van der Waals surface area contributed by atoms with Gasteiger partial charge in [0.15, 0.2) is 11.4 Å². The third-order valence-corrected chi connectivity index (χ3v) is 5.53. The average Bonchev–Trinajstić information content (AvgIpc) is 2.73. The molecule has 2 atom stereocenters. The van der Waals surface area contributed by atoms with Crippen molar-refractivity contribution in [2.24, 2.45) is 0 Å². The van der Waals surface area contributed by atoms with Crippen LogP contribution in [-0.4, -0.2) is 39.3 Å². The third kappa shape index (κ3) is 3.26. The van der Waals surface area contributed by atoms with Gasteiger partial charge in [0, 0.05) is 19.5 Å². The molecular weight excluding hydrogens is 354 g/mol. The first-order chi connectivity index (χ1) is 13.6. The Kier molecular flexibility index (Phi) is 4.86. The molecule has 0 bridgehead atoms. The highest BCUT2D eigenvalue weighted by atomic mass is 16.3. The standard InChI is InChI=1S/C22H23N3O3/c1-24-14-18(25-20(22(24)28)21(27)19(26)13-23-25)17(16-10-6-3-7-11-16)12-15-8-4-2-5-9-15/h3-4,6-11,13,17-18,27H,2,5,12,14H2,1H3. The van der Waals surface area contributed by atoms with Gasteiger partial charge in [0.2, 0.25) is 5.43 Å². The Labute approximate surface area is 163 Å². The van der Waals surface area contributed by atoms with Gasteiger partial charge < -0.3 is 10.0 Å². The quantitative estimate of drug-likeness (QED) is 0.889. The lowest BCUT2D eigenvalue weighted by Crippen LogP contribution is -2.45. The Morgan fingerprint density at radius 1 is 1.21 bits per heavy atom. The first-order valence-electron chi connectivity index (χ1n) is 9.53. The zero-order valence-electron chi connectivity index (χ0n) is 15.8. The lowest BCUT2D eigenvalue weighted by Gasteiger charge is -2.37. The van der Waals surface area contributed by atoms with Crippen LogP contribution in [0.25, 0.3) is 0 Å².